The van der Waals surface area contributed by atoms with E-state index < -0.39 is 0 Å². The Hall–Kier alpha value is -1.02. The van der Waals surface area contributed by atoms with Crippen molar-refractivity contribution in [1.29, 1.82) is 0 Å². The van der Waals surface area contributed by atoms with Crippen LogP contribution >= 0.6 is 0 Å². The van der Waals surface area contributed by atoms with Crippen molar-refractivity contribution < 1.29 is 0 Å². The minimum absolute atomic E-state index is 0.214. The van der Waals surface area contributed by atoms with Gasteiger partial charge in [0.1, 0.15) is 0 Å². The van der Waals surface area contributed by atoms with Crippen LogP contribution in [0.2, 0.25) is 0 Å². The Bertz CT molecular complexity index is 412. The van der Waals surface area contributed by atoms with E-state index in [2.05, 4.69) is 61.5 Å². The molecule has 18 heavy (non-hydrogen) atoms. The summed E-state index contributed by atoms with van der Waals surface area (Å²) in [6.07, 6.45) is 4.06. The number of benzene rings is 1. The number of anilines is 1. The fraction of sp³-hybridized carbons (Fsp3) is 0.625. The van der Waals surface area contributed by atoms with Crippen LogP contribution in [0, 0.1) is 11.8 Å². The van der Waals surface area contributed by atoms with E-state index in [4.69, 9.17) is 0 Å². The second kappa shape index (κ2) is 4.27. The van der Waals surface area contributed by atoms with Crippen LogP contribution in [0.5, 0.6) is 0 Å². The zero-order valence-electron chi connectivity index (χ0n) is 11.7. The summed E-state index contributed by atoms with van der Waals surface area (Å²) in [7, 11) is 0. The highest BCUT2D eigenvalue weighted by Crippen LogP contribution is 2.44. The van der Waals surface area contributed by atoms with Crippen molar-refractivity contribution >= 4 is 5.69 Å². The Morgan fingerprint density at radius 3 is 2.61 bits per heavy atom. The Morgan fingerprint density at radius 2 is 1.89 bits per heavy atom. The van der Waals surface area contributed by atoms with Crippen LogP contribution in [-0.2, 0) is 0 Å². The summed E-state index contributed by atoms with van der Waals surface area (Å²) in [6.45, 7) is 7.15. The van der Waals surface area contributed by atoms with Crippen molar-refractivity contribution in [3.8, 4) is 0 Å². The zero-order valence-corrected chi connectivity index (χ0v) is 11.7. The highest BCUT2D eigenvalue weighted by molar-refractivity contribution is 5.49. The van der Waals surface area contributed by atoms with E-state index in [9.17, 15) is 0 Å². The van der Waals surface area contributed by atoms with Crippen LogP contribution in [0.15, 0.2) is 30.3 Å². The lowest BCUT2D eigenvalue weighted by Gasteiger charge is -2.38. The lowest BCUT2D eigenvalue weighted by molar-refractivity contribution is 0.219. The maximum Gasteiger partial charge on any atom is 0.0551 e. The minimum Gasteiger partial charge on any atom is -0.302 e. The van der Waals surface area contributed by atoms with Crippen LogP contribution in [-0.4, -0.2) is 11.6 Å². The third kappa shape index (κ3) is 1.83. The van der Waals surface area contributed by atoms with Crippen molar-refractivity contribution in [3.05, 3.63) is 30.3 Å². The van der Waals surface area contributed by atoms with Gasteiger partial charge < -0.3 is 5.01 Å². The number of fused-ring (bicyclic) bond motifs is 1. The summed E-state index contributed by atoms with van der Waals surface area (Å²) >= 11 is 0. The maximum atomic E-state index is 3.76. The van der Waals surface area contributed by atoms with Crippen LogP contribution in [0.25, 0.3) is 0 Å². The van der Waals surface area contributed by atoms with E-state index in [1.807, 2.05) is 0 Å². The molecule has 2 fully saturated rings. The SMILES string of the molecule is C[C@@H]1CC[C@@H]2[C@H](C1)NN(c1ccccc1)C2(C)C. The molecule has 0 amide bonds. The van der Waals surface area contributed by atoms with Crippen LogP contribution in [0.1, 0.15) is 40.0 Å². The molecule has 1 N–H and O–H groups in total. The molecule has 0 spiro atoms. The molecular formula is C16H24N2. The summed E-state index contributed by atoms with van der Waals surface area (Å²) in [5.74, 6) is 1.64. The first-order chi connectivity index (χ1) is 8.59. The number of hydrogen-bond donors (Lipinski definition) is 1. The van der Waals surface area contributed by atoms with Crippen molar-refractivity contribution in [1.82, 2.24) is 5.43 Å². The monoisotopic (exact) mass is 244 g/mol. The Balaban J connectivity index is 1.89. The molecule has 1 aliphatic heterocycles. The van der Waals surface area contributed by atoms with Gasteiger partial charge in [0.05, 0.1) is 11.2 Å². The first kappa shape index (κ1) is 12.0. The molecule has 1 heterocycles. The molecule has 2 aliphatic rings. The van der Waals surface area contributed by atoms with E-state index in [-0.39, 0.29) is 5.54 Å². The lowest BCUT2D eigenvalue weighted by atomic mass is 9.72. The number of hydrazine groups is 1. The second-order valence-electron chi connectivity index (χ2n) is 6.58. The molecular weight excluding hydrogens is 220 g/mol. The molecule has 2 heteroatoms. The van der Waals surface area contributed by atoms with Crippen molar-refractivity contribution in [2.75, 3.05) is 5.01 Å². The van der Waals surface area contributed by atoms with Gasteiger partial charge in [-0.05, 0) is 44.7 Å². The molecule has 1 saturated heterocycles. The van der Waals surface area contributed by atoms with Gasteiger partial charge in [-0.15, -0.1) is 0 Å². The Labute approximate surface area is 110 Å². The second-order valence-corrected chi connectivity index (χ2v) is 6.58. The smallest absolute Gasteiger partial charge is 0.0551 e. The molecule has 0 unspecified atom stereocenters. The molecule has 98 valence electrons. The van der Waals surface area contributed by atoms with Gasteiger partial charge in [0, 0.05) is 12.0 Å². The van der Waals surface area contributed by atoms with E-state index in [0.29, 0.717) is 6.04 Å². The molecule has 1 aromatic carbocycles. The van der Waals surface area contributed by atoms with Gasteiger partial charge in [-0.1, -0.05) is 31.5 Å². The first-order valence-electron chi connectivity index (χ1n) is 7.20. The molecule has 3 rings (SSSR count). The van der Waals surface area contributed by atoms with Crippen LogP contribution in [0.3, 0.4) is 0 Å². The standard InChI is InChI=1S/C16H24N2/c1-12-9-10-14-15(11-12)17-18(16(14,2)3)13-7-5-4-6-8-13/h4-8,12,14-15,17H,9-11H2,1-3H3/t12-,14-,15+/m1/s1. The third-order valence-electron chi connectivity index (χ3n) is 4.91. The largest absolute Gasteiger partial charge is 0.302 e. The summed E-state index contributed by atoms with van der Waals surface area (Å²) in [5.41, 5.74) is 5.27. The number of nitrogens with zero attached hydrogens (tertiary/aromatic N) is 1. The van der Waals surface area contributed by atoms with Gasteiger partial charge in [-0.25, -0.2) is 5.43 Å². The molecule has 0 aromatic heterocycles. The van der Waals surface area contributed by atoms with E-state index in [1.165, 1.54) is 24.9 Å². The van der Waals surface area contributed by atoms with Crippen molar-refractivity contribution in [3.63, 3.8) is 0 Å². The van der Waals surface area contributed by atoms with E-state index >= 15 is 0 Å². The average Bonchev–Trinajstić information content (AvgIpc) is 2.61. The number of rotatable bonds is 1. The quantitative estimate of drug-likeness (QED) is 0.812. The summed E-state index contributed by atoms with van der Waals surface area (Å²) in [4.78, 5) is 0. The highest BCUT2D eigenvalue weighted by atomic mass is 15.6. The minimum atomic E-state index is 0.214. The Morgan fingerprint density at radius 1 is 1.17 bits per heavy atom. The van der Waals surface area contributed by atoms with Gasteiger partial charge in [-0.2, -0.15) is 0 Å². The van der Waals surface area contributed by atoms with Gasteiger partial charge in [-0.3, -0.25) is 0 Å². The van der Waals surface area contributed by atoms with Gasteiger partial charge in [0.2, 0.25) is 0 Å². The molecule has 1 aliphatic carbocycles. The zero-order chi connectivity index (χ0) is 12.8. The van der Waals surface area contributed by atoms with Gasteiger partial charge >= 0.3 is 0 Å². The molecule has 1 aromatic rings. The summed E-state index contributed by atoms with van der Waals surface area (Å²) in [5, 5.41) is 2.40. The normalized spacial score (nSPS) is 34.4. The van der Waals surface area contributed by atoms with Crippen molar-refractivity contribution in [2.45, 2.75) is 51.6 Å². The van der Waals surface area contributed by atoms with E-state index in [0.717, 1.165) is 11.8 Å². The van der Waals surface area contributed by atoms with Crippen LogP contribution in [0.4, 0.5) is 5.69 Å². The fourth-order valence-electron chi connectivity index (χ4n) is 3.85. The maximum absolute atomic E-state index is 3.76. The fourth-order valence-corrected chi connectivity index (χ4v) is 3.85. The van der Waals surface area contributed by atoms with Crippen molar-refractivity contribution in [2.24, 2.45) is 11.8 Å². The highest BCUT2D eigenvalue weighted by Gasteiger charge is 2.49. The molecule has 3 atom stereocenters. The third-order valence-corrected chi connectivity index (χ3v) is 4.91. The lowest BCUT2D eigenvalue weighted by Crippen LogP contribution is -2.46. The summed E-state index contributed by atoms with van der Waals surface area (Å²) in [6, 6.07) is 11.4. The predicted octanol–water partition coefficient (Wildman–Crippen LogP) is 3.59. The van der Waals surface area contributed by atoms with Crippen LogP contribution < -0.4 is 10.4 Å². The predicted molar refractivity (Wildman–Crippen MR) is 76.4 cm³/mol. The first-order valence-corrected chi connectivity index (χ1v) is 7.20. The Kier molecular flexibility index (Phi) is 2.86. The number of nitrogens with one attached hydrogen (secondary N) is 1. The topological polar surface area (TPSA) is 15.3 Å². The molecule has 2 nitrogen and oxygen atoms in total. The molecule has 0 bridgehead atoms. The summed E-state index contributed by atoms with van der Waals surface area (Å²) < 4.78 is 0. The number of hydrogen-bond acceptors (Lipinski definition) is 2. The van der Waals surface area contributed by atoms with Gasteiger partial charge in [0.25, 0.3) is 0 Å². The average molecular weight is 244 g/mol. The number of para-hydroxylation sites is 1. The van der Waals surface area contributed by atoms with E-state index in [1.54, 1.807) is 0 Å². The molecule has 0 radical (unpaired) electrons. The molecule has 1 saturated carbocycles. The van der Waals surface area contributed by atoms with Gasteiger partial charge in [0.15, 0.2) is 0 Å².